The molecule has 4 unspecified atom stereocenters. The predicted molar refractivity (Wildman–Crippen MR) is 165 cm³/mol. The van der Waals surface area contributed by atoms with Crippen LogP contribution in [0, 0.1) is 46.3 Å². The summed E-state index contributed by atoms with van der Waals surface area (Å²) in [6.07, 6.45) is 12.3. The summed E-state index contributed by atoms with van der Waals surface area (Å²) >= 11 is 0. The van der Waals surface area contributed by atoms with Crippen LogP contribution in [0.4, 0.5) is 0 Å². The lowest BCUT2D eigenvalue weighted by molar-refractivity contribution is -0.201. The molecule has 0 amide bonds. The topological polar surface area (TPSA) is 40.5 Å². The van der Waals surface area contributed by atoms with E-state index in [1.165, 1.54) is 36.8 Å². The summed E-state index contributed by atoms with van der Waals surface area (Å²) < 4.78 is 0. The van der Waals surface area contributed by atoms with Crippen LogP contribution < -0.4 is 0 Å². The summed E-state index contributed by atoms with van der Waals surface area (Å²) in [7, 11) is 0. The molecule has 40 heavy (non-hydrogen) atoms. The molecule has 2 aromatic rings. The highest BCUT2D eigenvalue weighted by Gasteiger charge is 2.64. The molecule has 0 heterocycles. The van der Waals surface area contributed by atoms with Crippen LogP contribution >= 0.6 is 0 Å². The molecule has 0 aromatic heterocycles. The van der Waals surface area contributed by atoms with Crippen molar-refractivity contribution in [1.29, 1.82) is 0 Å². The molecule has 4 saturated carbocycles. The number of allylic oxidation sites excluding steroid dienone is 2. The highest BCUT2D eigenvalue weighted by Crippen LogP contribution is 2.69. The Morgan fingerprint density at radius 2 is 1.43 bits per heavy atom. The minimum absolute atomic E-state index is 0.177. The van der Waals surface area contributed by atoms with Gasteiger partial charge in [-0.15, -0.1) is 0 Å². The third-order valence-electron chi connectivity index (χ3n) is 13.0. The Labute approximate surface area is 243 Å². The van der Waals surface area contributed by atoms with E-state index in [2.05, 4.69) is 94.4 Å². The molecule has 0 spiro atoms. The molecule has 2 nitrogen and oxygen atoms in total. The minimum Gasteiger partial charge on any atom is -0.393 e. The van der Waals surface area contributed by atoms with Crippen molar-refractivity contribution in [3.8, 4) is 0 Å². The quantitative estimate of drug-likeness (QED) is 0.360. The molecule has 0 radical (unpaired) electrons. The highest BCUT2D eigenvalue weighted by atomic mass is 16.3. The van der Waals surface area contributed by atoms with Crippen LogP contribution in [0.5, 0.6) is 0 Å². The Morgan fingerprint density at radius 3 is 2.05 bits per heavy atom. The first-order chi connectivity index (χ1) is 19.3. The van der Waals surface area contributed by atoms with Crippen LogP contribution in [-0.2, 0) is 0 Å². The van der Waals surface area contributed by atoms with Gasteiger partial charge in [0.05, 0.1) is 12.2 Å². The fourth-order valence-electron chi connectivity index (χ4n) is 11.0. The maximum atomic E-state index is 12.0. The van der Waals surface area contributed by atoms with Gasteiger partial charge >= 0.3 is 0 Å². The molecule has 0 aliphatic heterocycles. The number of fused-ring (bicyclic) bond motifs is 5. The zero-order chi connectivity index (χ0) is 28.1. The molecular weight excluding hydrogens is 488 g/mol. The lowest BCUT2D eigenvalue weighted by atomic mass is 9.41. The normalized spacial score (nSPS) is 41.3. The van der Waals surface area contributed by atoms with Gasteiger partial charge < -0.3 is 10.2 Å². The Kier molecular flexibility index (Phi) is 7.81. The van der Waals surface area contributed by atoms with Crippen LogP contribution in [0.15, 0.2) is 72.3 Å². The van der Waals surface area contributed by atoms with E-state index in [0.29, 0.717) is 41.4 Å². The first kappa shape index (κ1) is 28.2. The van der Waals surface area contributed by atoms with Gasteiger partial charge in [-0.1, -0.05) is 99.5 Å². The van der Waals surface area contributed by atoms with Gasteiger partial charge in [0.25, 0.3) is 0 Å². The molecule has 216 valence electrons. The second-order valence-corrected chi connectivity index (χ2v) is 14.6. The van der Waals surface area contributed by atoms with Crippen molar-refractivity contribution in [3.63, 3.8) is 0 Å². The van der Waals surface area contributed by atoms with Crippen LogP contribution in [0.2, 0.25) is 0 Å². The van der Waals surface area contributed by atoms with Crippen LogP contribution in [0.1, 0.15) is 103 Å². The lowest BCUT2D eigenvalue weighted by Crippen LogP contribution is -2.62. The number of hydrogen-bond donors (Lipinski definition) is 2. The Morgan fingerprint density at radius 1 is 0.825 bits per heavy atom. The molecule has 0 bridgehead atoms. The number of aliphatic hydroxyl groups is 2. The van der Waals surface area contributed by atoms with E-state index in [1.54, 1.807) is 5.57 Å². The largest absolute Gasteiger partial charge is 0.393 e. The number of rotatable bonds is 6. The average molecular weight is 541 g/mol. The molecule has 2 N–H and O–H groups in total. The molecular formula is C38H52O2. The molecule has 2 aromatic carbocycles. The SMILES string of the molecule is CC[C@@H]1C2C[C@H](O)CC[C@]2(C)C2CC[C@@]3(C)C(CC[C@@H]3/C(C)=C\CC(c3ccccc3)c3ccccc3)C2[C@@H]1O. The highest BCUT2D eigenvalue weighted by molar-refractivity contribution is 5.33. The van der Waals surface area contributed by atoms with Gasteiger partial charge in [0.2, 0.25) is 0 Å². The van der Waals surface area contributed by atoms with Crippen molar-refractivity contribution in [2.24, 2.45) is 46.3 Å². The lowest BCUT2D eigenvalue weighted by Gasteiger charge is -2.64. The second-order valence-electron chi connectivity index (χ2n) is 14.6. The van der Waals surface area contributed by atoms with Gasteiger partial charge in [-0.25, -0.2) is 0 Å². The summed E-state index contributed by atoms with van der Waals surface area (Å²) in [6, 6.07) is 22.0. The van der Waals surface area contributed by atoms with Crippen molar-refractivity contribution < 1.29 is 10.2 Å². The van der Waals surface area contributed by atoms with Gasteiger partial charge in [0.1, 0.15) is 0 Å². The van der Waals surface area contributed by atoms with Gasteiger partial charge in [-0.2, -0.15) is 0 Å². The molecule has 4 aliphatic rings. The Balaban J connectivity index is 1.26. The fraction of sp³-hybridized carbons (Fsp3) is 0.632. The van der Waals surface area contributed by atoms with E-state index < -0.39 is 0 Å². The fourth-order valence-corrected chi connectivity index (χ4v) is 11.0. The van der Waals surface area contributed by atoms with E-state index in [-0.39, 0.29) is 23.0 Å². The summed E-state index contributed by atoms with van der Waals surface area (Å²) in [4.78, 5) is 0. The second kappa shape index (κ2) is 11.1. The monoisotopic (exact) mass is 540 g/mol. The van der Waals surface area contributed by atoms with Gasteiger partial charge in [0.15, 0.2) is 0 Å². The number of aliphatic hydroxyl groups excluding tert-OH is 2. The summed E-state index contributed by atoms with van der Waals surface area (Å²) in [5.41, 5.74) is 4.90. The number of benzene rings is 2. The summed E-state index contributed by atoms with van der Waals surface area (Å²) in [5.74, 6) is 3.40. The molecule has 4 fully saturated rings. The maximum absolute atomic E-state index is 12.0. The zero-order valence-corrected chi connectivity index (χ0v) is 25.3. The standard InChI is InChI=1S/C38H52O2/c1-5-29-34-24-28(39)20-22-38(34,4)33-21-23-37(3)31(18-19-32(37)35(33)36(29)40)25(2)16-17-30(26-12-8-6-9-13-26)27-14-10-7-11-15-27/h6-16,28-36,39-40H,5,17-24H2,1-4H3/b25-16-/t28-,29-,31-,32?,33?,34?,35?,36-,37-,38-/m1/s1. The molecule has 10 atom stereocenters. The maximum Gasteiger partial charge on any atom is 0.0605 e. The van der Waals surface area contributed by atoms with Crippen molar-refractivity contribution in [2.45, 2.75) is 104 Å². The summed E-state index contributed by atoms with van der Waals surface area (Å²) in [5, 5.41) is 22.6. The van der Waals surface area contributed by atoms with Crippen molar-refractivity contribution in [3.05, 3.63) is 83.4 Å². The zero-order valence-electron chi connectivity index (χ0n) is 25.3. The average Bonchev–Trinajstić information content (AvgIpc) is 3.32. The van der Waals surface area contributed by atoms with Crippen molar-refractivity contribution in [2.75, 3.05) is 0 Å². The van der Waals surface area contributed by atoms with Crippen molar-refractivity contribution in [1.82, 2.24) is 0 Å². The van der Waals surface area contributed by atoms with E-state index in [0.717, 1.165) is 32.1 Å². The van der Waals surface area contributed by atoms with Crippen LogP contribution in [-0.4, -0.2) is 22.4 Å². The molecule has 4 aliphatic carbocycles. The predicted octanol–water partition coefficient (Wildman–Crippen LogP) is 8.78. The molecule has 2 heteroatoms. The first-order valence-corrected chi connectivity index (χ1v) is 16.4. The molecule has 0 saturated heterocycles. The van der Waals surface area contributed by atoms with E-state index in [9.17, 15) is 10.2 Å². The Hall–Kier alpha value is -1.90. The first-order valence-electron chi connectivity index (χ1n) is 16.4. The van der Waals surface area contributed by atoms with Crippen molar-refractivity contribution >= 4 is 0 Å². The van der Waals surface area contributed by atoms with Crippen LogP contribution in [0.3, 0.4) is 0 Å². The third-order valence-corrected chi connectivity index (χ3v) is 13.0. The summed E-state index contributed by atoms with van der Waals surface area (Å²) in [6.45, 7) is 9.81. The van der Waals surface area contributed by atoms with E-state index in [4.69, 9.17) is 0 Å². The van der Waals surface area contributed by atoms with Crippen LogP contribution in [0.25, 0.3) is 0 Å². The van der Waals surface area contributed by atoms with Gasteiger partial charge in [0, 0.05) is 5.92 Å². The number of hydrogen-bond acceptors (Lipinski definition) is 2. The van der Waals surface area contributed by atoms with E-state index >= 15 is 0 Å². The van der Waals surface area contributed by atoms with Gasteiger partial charge in [-0.05, 0) is 116 Å². The van der Waals surface area contributed by atoms with E-state index in [1.807, 2.05) is 0 Å². The third kappa shape index (κ3) is 4.62. The smallest absolute Gasteiger partial charge is 0.0605 e. The Bertz CT molecular complexity index is 1130. The van der Waals surface area contributed by atoms with Gasteiger partial charge in [-0.3, -0.25) is 0 Å². The minimum atomic E-state index is -0.216. The molecule has 6 rings (SSSR count).